The summed E-state index contributed by atoms with van der Waals surface area (Å²) in [6.07, 6.45) is 3.31. The molecule has 6 heteroatoms. The van der Waals surface area contributed by atoms with Crippen molar-refractivity contribution in [2.75, 3.05) is 13.1 Å². The standard InChI is InChI=1S/C10H18N4O.ClH/c1-3-14-7-9(6-13-14)10(15)12-5-8(2)4-11;/h6-8H,3-5,11H2,1-2H3,(H,12,15);1H. The third-order valence-electron chi connectivity index (χ3n) is 2.23. The number of carbonyl (C=O) groups excluding carboxylic acids is 1. The van der Waals surface area contributed by atoms with Gasteiger partial charge >= 0.3 is 0 Å². The van der Waals surface area contributed by atoms with E-state index in [1.165, 1.54) is 0 Å². The summed E-state index contributed by atoms with van der Waals surface area (Å²) in [5, 5.41) is 6.85. The van der Waals surface area contributed by atoms with E-state index in [0.717, 1.165) is 6.54 Å². The van der Waals surface area contributed by atoms with Gasteiger partial charge in [0.1, 0.15) is 0 Å². The minimum Gasteiger partial charge on any atom is -0.352 e. The van der Waals surface area contributed by atoms with Crippen LogP contribution in [0.3, 0.4) is 0 Å². The van der Waals surface area contributed by atoms with Gasteiger partial charge in [0.25, 0.3) is 5.91 Å². The van der Waals surface area contributed by atoms with E-state index in [1.54, 1.807) is 17.1 Å². The van der Waals surface area contributed by atoms with Gasteiger partial charge in [0.05, 0.1) is 11.8 Å². The fourth-order valence-electron chi connectivity index (χ4n) is 1.11. The van der Waals surface area contributed by atoms with Crippen molar-refractivity contribution in [3.8, 4) is 0 Å². The molecule has 0 radical (unpaired) electrons. The molecule has 0 aromatic carbocycles. The lowest BCUT2D eigenvalue weighted by molar-refractivity contribution is 0.0948. The first-order valence-corrected chi connectivity index (χ1v) is 5.18. The molecule has 0 aliphatic carbocycles. The zero-order chi connectivity index (χ0) is 11.3. The van der Waals surface area contributed by atoms with Crippen molar-refractivity contribution < 1.29 is 4.79 Å². The number of nitrogens with zero attached hydrogens (tertiary/aromatic N) is 2. The van der Waals surface area contributed by atoms with Crippen LogP contribution in [0.25, 0.3) is 0 Å². The zero-order valence-corrected chi connectivity index (χ0v) is 10.5. The number of nitrogens with two attached hydrogens (primary N) is 1. The zero-order valence-electron chi connectivity index (χ0n) is 9.64. The fourth-order valence-corrected chi connectivity index (χ4v) is 1.11. The van der Waals surface area contributed by atoms with Gasteiger partial charge in [-0.1, -0.05) is 6.92 Å². The van der Waals surface area contributed by atoms with E-state index in [0.29, 0.717) is 24.6 Å². The molecular formula is C10H19ClN4O. The van der Waals surface area contributed by atoms with E-state index in [9.17, 15) is 4.79 Å². The van der Waals surface area contributed by atoms with Crippen LogP contribution in [0.1, 0.15) is 24.2 Å². The van der Waals surface area contributed by atoms with Gasteiger partial charge in [-0.15, -0.1) is 12.4 Å². The van der Waals surface area contributed by atoms with Crippen LogP contribution in [-0.4, -0.2) is 28.8 Å². The Labute approximate surface area is 102 Å². The number of carbonyl (C=O) groups is 1. The summed E-state index contributed by atoms with van der Waals surface area (Å²) in [5.41, 5.74) is 6.05. The number of nitrogens with one attached hydrogen (secondary N) is 1. The first kappa shape index (κ1) is 14.9. The fraction of sp³-hybridized carbons (Fsp3) is 0.600. The molecule has 1 unspecified atom stereocenters. The molecule has 16 heavy (non-hydrogen) atoms. The molecule has 1 rings (SSSR count). The Balaban J connectivity index is 0.00000225. The van der Waals surface area contributed by atoms with Crippen LogP contribution in [0.2, 0.25) is 0 Å². The topological polar surface area (TPSA) is 72.9 Å². The average Bonchev–Trinajstić information content (AvgIpc) is 2.73. The molecule has 3 N–H and O–H groups in total. The number of rotatable bonds is 5. The van der Waals surface area contributed by atoms with E-state index < -0.39 is 0 Å². The molecule has 5 nitrogen and oxygen atoms in total. The van der Waals surface area contributed by atoms with E-state index >= 15 is 0 Å². The molecule has 0 aliphatic rings. The quantitative estimate of drug-likeness (QED) is 0.801. The van der Waals surface area contributed by atoms with Crippen molar-refractivity contribution in [2.45, 2.75) is 20.4 Å². The molecule has 1 amide bonds. The van der Waals surface area contributed by atoms with Gasteiger partial charge in [0, 0.05) is 19.3 Å². The minimum absolute atomic E-state index is 0. The maximum Gasteiger partial charge on any atom is 0.254 e. The summed E-state index contributed by atoms with van der Waals surface area (Å²) in [6, 6.07) is 0. The Morgan fingerprint density at radius 1 is 1.69 bits per heavy atom. The molecule has 1 aromatic rings. The van der Waals surface area contributed by atoms with Crippen molar-refractivity contribution in [3.05, 3.63) is 18.0 Å². The van der Waals surface area contributed by atoms with Crippen molar-refractivity contribution in [3.63, 3.8) is 0 Å². The SMILES string of the molecule is CCn1cc(C(=O)NCC(C)CN)cn1.Cl. The molecule has 0 saturated heterocycles. The van der Waals surface area contributed by atoms with E-state index in [2.05, 4.69) is 10.4 Å². The van der Waals surface area contributed by atoms with Gasteiger partial charge in [-0.05, 0) is 19.4 Å². The van der Waals surface area contributed by atoms with Gasteiger partial charge in [0.15, 0.2) is 0 Å². The lowest BCUT2D eigenvalue weighted by Crippen LogP contribution is -2.31. The molecule has 0 spiro atoms. The molecule has 1 heterocycles. The maximum atomic E-state index is 11.6. The third-order valence-corrected chi connectivity index (χ3v) is 2.23. The summed E-state index contributed by atoms with van der Waals surface area (Å²) in [4.78, 5) is 11.6. The molecule has 0 saturated carbocycles. The lowest BCUT2D eigenvalue weighted by Gasteiger charge is -2.08. The van der Waals surface area contributed by atoms with Crippen LogP contribution in [0.4, 0.5) is 0 Å². The van der Waals surface area contributed by atoms with Crippen molar-refractivity contribution in [2.24, 2.45) is 11.7 Å². The second-order valence-corrected chi connectivity index (χ2v) is 3.64. The molecule has 0 aliphatic heterocycles. The van der Waals surface area contributed by atoms with Crippen LogP contribution in [0.15, 0.2) is 12.4 Å². The molecule has 1 aromatic heterocycles. The molecule has 0 fully saturated rings. The summed E-state index contributed by atoms with van der Waals surface area (Å²) in [5.74, 6) is 0.213. The summed E-state index contributed by atoms with van der Waals surface area (Å²) in [7, 11) is 0. The monoisotopic (exact) mass is 246 g/mol. The number of aromatic nitrogens is 2. The highest BCUT2D eigenvalue weighted by atomic mass is 35.5. The first-order chi connectivity index (χ1) is 7.17. The molecule has 92 valence electrons. The Morgan fingerprint density at radius 3 is 2.88 bits per heavy atom. The second kappa shape index (κ2) is 7.24. The van der Waals surface area contributed by atoms with E-state index in [4.69, 9.17) is 5.73 Å². The molecule has 0 bridgehead atoms. The highest BCUT2D eigenvalue weighted by Crippen LogP contribution is 1.98. The summed E-state index contributed by atoms with van der Waals surface area (Å²) in [6.45, 7) is 5.93. The minimum atomic E-state index is -0.0880. The van der Waals surface area contributed by atoms with Crippen LogP contribution < -0.4 is 11.1 Å². The highest BCUT2D eigenvalue weighted by Gasteiger charge is 2.08. The van der Waals surface area contributed by atoms with E-state index in [-0.39, 0.29) is 18.3 Å². The first-order valence-electron chi connectivity index (χ1n) is 5.18. The number of hydrogen-bond donors (Lipinski definition) is 2. The van der Waals surface area contributed by atoms with Crippen LogP contribution >= 0.6 is 12.4 Å². The number of aryl methyl sites for hydroxylation is 1. The Hall–Kier alpha value is -1.07. The summed E-state index contributed by atoms with van der Waals surface area (Å²) >= 11 is 0. The molecule has 1 atom stereocenters. The van der Waals surface area contributed by atoms with Gasteiger partial charge in [-0.2, -0.15) is 5.10 Å². The van der Waals surface area contributed by atoms with Gasteiger partial charge in [-0.3, -0.25) is 9.48 Å². The Bertz CT molecular complexity index is 326. The van der Waals surface area contributed by atoms with Crippen molar-refractivity contribution in [1.29, 1.82) is 0 Å². The second-order valence-electron chi connectivity index (χ2n) is 3.64. The van der Waals surface area contributed by atoms with Gasteiger partial charge in [-0.25, -0.2) is 0 Å². The predicted octanol–water partition coefficient (Wildman–Crippen LogP) is 0.649. The predicted molar refractivity (Wildman–Crippen MR) is 65.7 cm³/mol. The van der Waals surface area contributed by atoms with Crippen LogP contribution in [-0.2, 0) is 6.54 Å². The number of amides is 1. The smallest absolute Gasteiger partial charge is 0.254 e. The van der Waals surface area contributed by atoms with Crippen molar-refractivity contribution >= 4 is 18.3 Å². The third kappa shape index (κ3) is 4.20. The lowest BCUT2D eigenvalue weighted by atomic mass is 10.2. The summed E-state index contributed by atoms with van der Waals surface area (Å²) < 4.78 is 1.72. The number of hydrogen-bond acceptors (Lipinski definition) is 3. The highest BCUT2D eigenvalue weighted by molar-refractivity contribution is 5.93. The van der Waals surface area contributed by atoms with Gasteiger partial charge < -0.3 is 11.1 Å². The van der Waals surface area contributed by atoms with Gasteiger partial charge in [0.2, 0.25) is 0 Å². The Morgan fingerprint density at radius 2 is 2.38 bits per heavy atom. The van der Waals surface area contributed by atoms with Crippen LogP contribution in [0, 0.1) is 5.92 Å². The molecular weight excluding hydrogens is 228 g/mol. The normalized spacial score (nSPS) is 11.7. The maximum absolute atomic E-state index is 11.6. The van der Waals surface area contributed by atoms with Crippen LogP contribution in [0.5, 0.6) is 0 Å². The Kier molecular flexibility index (Phi) is 6.76. The number of halogens is 1. The van der Waals surface area contributed by atoms with Crippen molar-refractivity contribution in [1.82, 2.24) is 15.1 Å². The largest absolute Gasteiger partial charge is 0.352 e. The van der Waals surface area contributed by atoms with E-state index in [1.807, 2.05) is 13.8 Å². The average molecular weight is 247 g/mol.